The highest BCUT2D eigenvalue weighted by atomic mass is 16.5. The molecule has 1 atom stereocenters. The molecule has 132 valence electrons. The largest absolute Gasteiger partial charge is 0.493 e. The van der Waals surface area contributed by atoms with Gasteiger partial charge in [0.15, 0.2) is 18.1 Å². The van der Waals surface area contributed by atoms with Crippen LogP contribution in [0.25, 0.3) is 0 Å². The molecule has 1 aromatic carbocycles. The number of ether oxygens (including phenoxy) is 3. The molecule has 1 aliphatic rings. The summed E-state index contributed by atoms with van der Waals surface area (Å²) in [6, 6.07) is 7.40. The Bertz CT molecular complexity index is 570. The number of para-hydroxylation sites is 2. The minimum absolute atomic E-state index is 0.0770. The average molecular weight is 335 g/mol. The minimum atomic E-state index is -0.347. The summed E-state index contributed by atoms with van der Waals surface area (Å²) in [6.07, 6.45) is 1.94. The van der Waals surface area contributed by atoms with Crippen LogP contribution in [0, 0.1) is 5.92 Å². The summed E-state index contributed by atoms with van der Waals surface area (Å²) in [6.45, 7) is 4.18. The molecule has 0 spiro atoms. The highest BCUT2D eigenvalue weighted by Crippen LogP contribution is 2.29. The van der Waals surface area contributed by atoms with Crippen LogP contribution in [0.4, 0.5) is 0 Å². The third kappa shape index (κ3) is 4.88. The summed E-state index contributed by atoms with van der Waals surface area (Å²) in [7, 11) is 1.56. The van der Waals surface area contributed by atoms with Crippen molar-refractivity contribution >= 4 is 11.9 Å². The van der Waals surface area contributed by atoms with Crippen molar-refractivity contribution < 1.29 is 23.8 Å². The van der Waals surface area contributed by atoms with Gasteiger partial charge in [0.2, 0.25) is 0 Å². The van der Waals surface area contributed by atoms with Crippen molar-refractivity contribution in [2.75, 3.05) is 26.9 Å². The molecule has 24 heavy (non-hydrogen) atoms. The van der Waals surface area contributed by atoms with Gasteiger partial charge in [0.1, 0.15) is 0 Å². The molecular weight excluding hydrogens is 310 g/mol. The third-order valence-corrected chi connectivity index (χ3v) is 3.89. The van der Waals surface area contributed by atoms with Gasteiger partial charge in [-0.25, -0.2) is 0 Å². The number of carbonyl (C=O) groups excluding carboxylic acids is 2. The first-order valence-electron chi connectivity index (χ1n) is 8.28. The molecule has 0 heterocycles. The van der Waals surface area contributed by atoms with E-state index in [0.29, 0.717) is 24.7 Å². The van der Waals surface area contributed by atoms with Crippen LogP contribution in [-0.2, 0) is 14.3 Å². The van der Waals surface area contributed by atoms with Crippen molar-refractivity contribution in [3.8, 4) is 11.5 Å². The molecule has 0 radical (unpaired) electrons. The molecule has 1 aliphatic carbocycles. The smallest absolute Gasteiger partial charge is 0.310 e. The lowest BCUT2D eigenvalue weighted by atomic mass is 10.1. The zero-order valence-electron chi connectivity index (χ0n) is 14.5. The van der Waals surface area contributed by atoms with Crippen LogP contribution in [0.1, 0.15) is 26.7 Å². The lowest BCUT2D eigenvalue weighted by Crippen LogP contribution is -2.41. The molecule has 0 bridgehead atoms. The second-order valence-electron chi connectivity index (χ2n) is 5.87. The van der Waals surface area contributed by atoms with Crippen LogP contribution in [0.2, 0.25) is 0 Å². The molecule has 2 rings (SSSR count). The van der Waals surface area contributed by atoms with Crippen molar-refractivity contribution in [3.05, 3.63) is 24.3 Å². The first-order chi connectivity index (χ1) is 11.6. The second kappa shape index (κ2) is 8.57. The number of hydrogen-bond donors (Lipinski definition) is 0. The Labute approximate surface area is 142 Å². The van der Waals surface area contributed by atoms with Crippen LogP contribution in [-0.4, -0.2) is 49.7 Å². The van der Waals surface area contributed by atoms with Gasteiger partial charge in [-0.3, -0.25) is 9.59 Å². The Kier molecular flexibility index (Phi) is 6.46. The average Bonchev–Trinajstić information content (AvgIpc) is 3.42. The summed E-state index contributed by atoms with van der Waals surface area (Å²) in [5, 5.41) is 0. The second-order valence-corrected chi connectivity index (χ2v) is 5.87. The fraction of sp³-hybridized carbons (Fsp3) is 0.556. The van der Waals surface area contributed by atoms with Gasteiger partial charge in [-0.15, -0.1) is 0 Å². The zero-order valence-corrected chi connectivity index (χ0v) is 14.5. The monoisotopic (exact) mass is 335 g/mol. The third-order valence-electron chi connectivity index (χ3n) is 3.89. The van der Waals surface area contributed by atoms with Crippen molar-refractivity contribution in [1.82, 2.24) is 4.90 Å². The van der Waals surface area contributed by atoms with Gasteiger partial charge in [-0.2, -0.15) is 0 Å². The Balaban J connectivity index is 1.93. The number of amides is 1. The summed E-state index contributed by atoms with van der Waals surface area (Å²) < 4.78 is 15.8. The maximum atomic E-state index is 12.5. The molecule has 6 heteroatoms. The molecule has 6 nitrogen and oxygen atoms in total. The molecule has 0 N–H and O–H groups in total. The van der Waals surface area contributed by atoms with E-state index in [0.717, 1.165) is 12.8 Å². The van der Waals surface area contributed by atoms with E-state index < -0.39 is 0 Å². The quantitative estimate of drug-likeness (QED) is 0.648. The number of hydrogen-bond acceptors (Lipinski definition) is 5. The highest BCUT2D eigenvalue weighted by molar-refractivity contribution is 5.80. The van der Waals surface area contributed by atoms with E-state index in [1.165, 1.54) is 0 Å². The predicted octanol–water partition coefficient (Wildman–Crippen LogP) is 2.26. The number of carbonyl (C=O) groups is 2. The maximum absolute atomic E-state index is 12.5. The lowest BCUT2D eigenvalue weighted by Gasteiger charge is -2.25. The van der Waals surface area contributed by atoms with Crippen LogP contribution < -0.4 is 9.47 Å². The number of benzene rings is 1. The number of rotatable bonds is 9. The predicted molar refractivity (Wildman–Crippen MR) is 89.0 cm³/mol. The summed E-state index contributed by atoms with van der Waals surface area (Å²) in [5.74, 6) is 0.368. The zero-order chi connectivity index (χ0) is 17.5. The molecule has 1 unspecified atom stereocenters. The van der Waals surface area contributed by atoms with Gasteiger partial charge < -0.3 is 19.1 Å². The standard InChI is InChI=1S/C18H25NO5/c1-4-23-18(21)13(2)11-19(14-9-10-14)17(20)12-24-16-8-6-5-7-15(16)22-3/h5-8,13-14H,4,9-12H2,1-3H3. The maximum Gasteiger partial charge on any atom is 0.310 e. The van der Waals surface area contributed by atoms with Crippen molar-refractivity contribution in [1.29, 1.82) is 0 Å². The van der Waals surface area contributed by atoms with Crippen LogP contribution in [0.5, 0.6) is 11.5 Å². The van der Waals surface area contributed by atoms with Gasteiger partial charge in [-0.05, 0) is 31.9 Å². The van der Waals surface area contributed by atoms with Crippen molar-refractivity contribution in [2.24, 2.45) is 5.92 Å². The van der Waals surface area contributed by atoms with E-state index >= 15 is 0 Å². The van der Waals surface area contributed by atoms with E-state index in [9.17, 15) is 9.59 Å². The molecule has 1 saturated carbocycles. The molecule has 0 aromatic heterocycles. The van der Waals surface area contributed by atoms with Gasteiger partial charge in [0.05, 0.1) is 19.6 Å². The molecular formula is C18H25NO5. The van der Waals surface area contributed by atoms with Crippen molar-refractivity contribution in [3.63, 3.8) is 0 Å². The minimum Gasteiger partial charge on any atom is -0.493 e. The SMILES string of the molecule is CCOC(=O)C(C)CN(C(=O)COc1ccccc1OC)C1CC1. The Hall–Kier alpha value is -2.24. The van der Waals surface area contributed by atoms with Gasteiger partial charge in [0.25, 0.3) is 5.91 Å². The van der Waals surface area contributed by atoms with E-state index in [4.69, 9.17) is 14.2 Å². The summed E-state index contributed by atoms with van der Waals surface area (Å²) >= 11 is 0. The van der Waals surface area contributed by atoms with Gasteiger partial charge in [-0.1, -0.05) is 19.1 Å². The van der Waals surface area contributed by atoms with E-state index in [-0.39, 0.29) is 30.4 Å². The molecule has 0 saturated heterocycles. The molecule has 0 aliphatic heterocycles. The lowest BCUT2D eigenvalue weighted by molar-refractivity contribution is -0.149. The molecule has 1 fully saturated rings. The highest BCUT2D eigenvalue weighted by Gasteiger charge is 2.34. The Morgan fingerprint density at radius 2 is 1.92 bits per heavy atom. The van der Waals surface area contributed by atoms with E-state index in [1.54, 1.807) is 38.0 Å². The fourth-order valence-corrected chi connectivity index (χ4v) is 2.46. The van der Waals surface area contributed by atoms with Crippen LogP contribution >= 0.6 is 0 Å². The number of nitrogens with zero attached hydrogens (tertiary/aromatic N) is 1. The number of methoxy groups -OCH3 is 1. The topological polar surface area (TPSA) is 65.1 Å². The summed E-state index contributed by atoms with van der Waals surface area (Å²) in [5.41, 5.74) is 0. The normalized spacial score (nSPS) is 14.6. The number of esters is 1. The first-order valence-corrected chi connectivity index (χ1v) is 8.28. The van der Waals surface area contributed by atoms with E-state index in [1.807, 2.05) is 12.1 Å². The van der Waals surface area contributed by atoms with Crippen molar-refractivity contribution in [2.45, 2.75) is 32.7 Å². The Morgan fingerprint density at radius 1 is 1.25 bits per heavy atom. The van der Waals surface area contributed by atoms with E-state index in [2.05, 4.69) is 0 Å². The van der Waals surface area contributed by atoms with Gasteiger partial charge in [0, 0.05) is 12.6 Å². The van der Waals surface area contributed by atoms with Crippen LogP contribution in [0.3, 0.4) is 0 Å². The first kappa shape index (κ1) is 18.1. The van der Waals surface area contributed by atoms with Crippen LogP contribution in [0.15, 0.2) is 24.3 Å². The molecule has 1 aromatic rings. The summed E-state index contributed by atoms with van der Waals surface area (Å²) in [4.78, 5) is 26.1. The Morgan fingerprint density at radius 3 is 2.50 bits per heavy atom. The molecule has 1 amide bonds. The fourth-order valence-electron chi connectivity index (χ4n) is 2.46. The van der Waals surface area contributed by atoms with Gasteiger partial charge >= 0.3 is 5.97 Å².